The SMILES string of the molecule is Cc1ccc(S(=O)Oc2cc(=O)n(C)c3c2c(=O)n(C2CC2)c(=O)n3-c2cccc(N(C)O)c2)cc1. The Labute approximate surface area is 207 Å². The Morgan fingerprint density at radius 1 is 1.06 bits per heavy atom. The van der Waals surface area contributed by atoms with Crippen LogP contribution in [0.2, 0.25) is 0 Å². The van der Waals surface area contributed by atoms with Crippen LogP contribution in [0, 0.1) is 6.92 Å². The molecule has 0 aliphatic heterocycles. The van der Waals surface area contributed by atoms with Gasteiger partial charge in [0.1, 0.15) is 11.0 Å². The van der Waals surface area contributed by atoms with Crippen LogP contribution in [-0.4, -0.2) is 30.2 Å². The second kappa shape index (κ2) is 8.92. The maximum absolute atomic E-state index is 13.7. The van der Waals surface area contributed by atoms with E-state index < -0.39 is 27.9 Å². The number of aromatic nitrogens is 3. The van der Waals surface area contributed by atoms with Gasteiger partial charge in [0.2, 0.25) is 11.1 Å². The van der Waals surface area contributed by atoms with Crippen molar-refractivity contribution in [2.45, 2.75) is 30.7 Å². The van der Waals surface area contributed by atoms with Crippen molar-refractivity contribution < 1.29 is 13.6 Å². The third kappa shape index (κ3) is 4.06. The number of hydrogen-bond donors (Lipinski definition) is 1. The first kappa shape index (κ1) is 23.8. The van der Waals surface area contributed by atoms with Crippen molar-refractivity contribution in [3.8, 4) is 11.4 Å². The Hall–Kier alpha value is -3.96. The second-order valence-corrected chi connectivity index (χ2v) is 9.91. The molecule has 1 atom stereocenters. The molecule has 0 spiro atoms. The van der Waals surface area contributed by atoms with E-state index in [0.717, 1.165) is 21.3 Å². The number of aryl methyl sites for hydroxylation is 2. The van der Waals surface area contributed by atoms with E-state index in [1.54, 1.807) is 48.5 Å². The molecule has 2 aromatic carbocycles. The summed E-state index contributed by atoms with van der Waals surface area (Å²) in [6.45, 7) is 1.89. The molecule has 36 heavy (non-hydrogen) atoms. The lowest BCUT2D eigenvalue weighted by Crippen LogP contribution is -2.41. The number of hydroxylamine groups is 1. The van der Waals surface area contributed by atoms with Gasteiger partial charge >= 0.3 is 5.69 Å². The van der Waals surface area contributed by atoms with E-state index >= 15 is 0 Å². The topological polar surface area (TPSA) is 116 Å². The molecule has 10 nitrogen and oxygen atoms in total. The fraction of sp³-hybridized carbons (Fsp3) is 0.240. The van der Waals surface area contributed by atoms with Crippen LogP contribution in [0.15, 0.2) is 73.9 Å². The Balaban J connectivity index is 1.83. The zero-order chi connectivity index (χ0) is 25.7. The predicted octanol–water partition coefficient (Wildman–Crippen LogP) is 2.42. The predicted molar refractivity (Wildman–Crippen MR) is 136 cm³/mol. The summed E-state index contributed by atoms with van der Waals surface area (Å²) >= 11 is -2.01. The molecular formula is C25H24N4O6S. The summed E-state index contributed by atoms with van der Waals surface area (Å²) in [6, 6.07) is 14.2. The maximum Gasteiger partial charge on any atom is 0.337 e. The Morgan fingerprint density at radius 2 is 1.75 bits per heavy atom. The quantitative estimate of drug-likeness (QED) is 0.398. The molecule has 0 amide bonds. The average molecular weight is 509 g/mol. The van der Waals surface area contributed by atoms with Gasteiger partial charge in [0.15, 0.2) is 5.75 Å². The zero-order valence-electron chi connectivity index (χ0n) is 19.9. The summed E-state index contributed by atoms with van der Waals surface area (Å²) in [5, 5.41) is 10.8. The molecule has 2 aromatic heterocycles. The van der Waals surface area contributed by atoms with Crippen molar-refractivity contribution in [3.05, 3.63) is 91.4 Å². The van der Waals surface area contributed by atoms with Crippen LogP contribution in [-0.2, 0) is 18.1 Å². The summed E-state index contributed by atoms with van der Waals surface area (Å²) in [5.41, 5.74) is -0.0649. The fourth-order valence-electron chi connectivity index (χ4n) is 4.10. The molecule has 0 saturated heterocycles. The highest BCUT2D eigenvalue weighted by atomic mass is 32.2. The highest BCUT2D eigenvalue weighted by Gasteiger charge is 2.31. The Bertz CT molecular complexity index is 1700. The van der Waals surface area contributed by atoms with Crippen LogP contribution in [0.5, 0.6) is 5.75 Å². The lowest BCUT2D eigenvalue weighted by atomic mass is 10.2. The summed E-state index contributed by atoms with van der Waals surface area (Å²) < 4.78 is 22.3. The van der Waals surface area contributed by atoms with Crippen LogP contribution < -0.4 is 26.1 Å². The lowest BCUT2D eigenvalue weighted by Gasteiger charge is -2.19. The molecule has 1 fully saturated rings. The molecule has 186 valence electrons. The highest BCUT2D eigenvalue weighted by molar-refractivity contribution is 7.80. The molecule has 1 aliphatic rings. The molecule has 1 saturated carbocycles. The molecule has 11 heteroatoms. The number of pyridine rings is 1. The van der Waals surface area contributed by atoms with E-state index in [1.807, 2.05) is 6.92 Å². The molecule has 1 N–H and O–H groups in total. The lowest BCUT2D eigenvalue weighted by molar-refractivity contribution is 0.279. The van der Waals surface area contributed by atoms with Gasteiger partial charge in [0, 0.05) is 26.2 Å². The summed E-state index contributed by atoms with van der Waals surface area (Å²) in [4.78, 5) is 40.6. The van der Waals surface area contributed by atoms with Gasteiger partial charge in [0.05, 0.1) is 16.3 Å². The Morgan fingerprint density at radius 3 is 2.39 bits per heavy atom. The van der Waals surface area contributed by atoms with E-state index in [2.05, 4.69) is 0 Å². The molecule has 5 rings (SSSR count). The van der Waals surface area contributed by atoms with Crippen LogP contribution in [0.4, 0.5) is 5.69 Å². The fourth-order valence-corrected chi connectivity index (χ4v) is 4.85. The average Bonchev–Trinajstić information content (AvgIpc) is 3.67. The van der Waals surface area contributed by atoms with Gasteiger partial charge in [-0.2, -0.15) is 0 Å². The second-order valence-electron chi connectivity index (χ2n) is 8.80. The van der Waals surface area contributed by atoms with Crippen molar-refractivity contribution in [2.24, 2.45) is 7.05 Å². The van der Waals surface area contributed by atoms with Crippen LogP contribution in [0.1, 0.15) is 24.4 Å². The summed E-state index contributed by atoms with van der Waals surface area (Å²) in [6.07, 6.45) is 1.33. The van der Waals surface area contributed by atoms with Gasteiger partial charge in [-0.3, -0.25) is 29.0 Å². The van der Waals surface area contributed by atoms with Crippen molar-refractivity contribution in [2.75, 3.05) is 12.1 Å². The van der Waals surface area contributed by atoms with Crippen LogP contribution in [0.25, 0.3) is 16.7 Å². The third-order valence-corrected chi connectivity index (χ3v) is 7.16. The first-order valence-corrected chi connectivity index (χ1v) is 12.4. The van der Waals surface area contributed by atoms with Gasteiger partial charge in [0.25, 0.3) is 11.1 Å². The molecule has 2 heterocycles. The number of anilines is 1. The Kier molecular flexibility index (Phi) is 5.89. The first-order chi connectivity index (χ1) is 17.2. The van der Waals surface area contributed by atoms with Crippen molar-refractivity contribution in [1.82, 2.24) is 13.7 Å². The molecule has 4 aromatic rings. The highest BCUT2D eigenvalue weighted by Crippen LogP contribution is 2.33. The third-order valence-electron chi connectivity index (χ3n) is 6.17. The van der Waals surface area contributed by atoms with Crippen LogP contribution in [0.3, 0.4) is 0 Å². The molecule has 0 bridgehead atoms. The number of nitrogens with zero attached hydrogens (tertiary/aromatic N) is 4. The van der Waals surface area contributed by atoms with Gasteiger partial charge in [-0.25, -0.2) is 13.6 Å². The van der Waals surface area contributed by atoms with E-state index in [4.69, 9.17) is 4.18 Å². The van der Waals surface area contributed by atoms with E-state index in [0.29, 0.717) is 29.1 Å². The van der Waals surface area contributed by atoms with Crippen molar-refractivity contribution >= 4 is 27.8 Å². The van der Waals surface area contributed by atoms with Crippen molar-refractivity contribution in [1.29, 1.82) is 0 Å². The maximum atomic E-state index is 13.7. The van der Waals surface area contributed by atoms with E-state index in [9.17, 15) is 23.8 Å². The minimum atomic E-state index is -2.01. The monoisotopic (exact) mass is 508 g/mol. The number of fused-ring (bicyclic) bond motifs is 1. The number of hydrogen-bond acceptors (Lipinski definition) is 7. The number of benzene rings is 2. The van der Waals surface area contributed by atoms with E-state index in [-0.39, 0.29) is 22.8 Å². The summed E-state index contributed by atoms with van der Waals surface area (Å²) in [7, 11) is 2.89. The van der Waals surface area contributed by atoms with E-state index in [1.165, 1.54) is 23.2 Å². The molecule has 1 unspecified atom stereocenters. The van der Waals surface area contributed by atoms with Gasteiger partial charge < -0.3 is 4.18 Å². The van der Waals surface area contributed by atoms with Gasteiger partial charge in [-0.1, -0.05) is 23.8 Å². The standard InChI is InChI=1S/C25H24N4O6S/c1-15-7-11-19(12-8-15)36(34)35-20-14-21(30)26(2)23-22(20)24(31)29(16-9-10-16)25(32)28(23)18-6-4-5-17(13-18)27(3)33/h4-8,11-14,16,33H,9-10H2,1-3H3. The number of rotatable bonds is 6. The van der Waals surface area contributed by atoms with Gasteiger partial charge in [-0.05, 0) is 50.1 Å². The van der Waals surface area contributed by atoms with Crippen molar-refractivity contribution in [3.63, 3.8) is 0 Å². The minimum absolute atomic E-state index is 0.00282. The smallest absolute Gasteiger partial charge is 0.337 e. The molecule has 1 aliphatic carbocycles. The van der Waals surface area contributed by atoms with Crippen LogP contribution >= 0.6 is 0 Å². The zero-order valence-corrected chi connectivity index (χ0v) is 20.7. The normalized spacial score (nSPS) is 14.1. The van der Waals surface area contributed by atoms with Gasteiger partial charge in [-0.15, -0.1) is 0 Å². The first-order valence-electron chi connectivity index (χ1n) is 11.3. The largest absolute Gasteiger partial charge is 0.396 e. The minimum Gasteiger partial charge on any atom is -0.396 e. The molecular weight excluding hydrogens is 484 g/mol. The summed E-state index contributed by atoms with van der Waals surface area (Å²) in [5.74, 6) is -0.171. The molecule has 0 radical (unpaired) electrons.